The summed E-state index contributed by atoms with van der Waals surface area (Å²) in [5.41, 5.74) is 2.28. The van der Waals surface area contributed by atoms with Crippen LogP contribution in [0.5, 0.6) is 0 Å². The van der Waals surface area contributed by atoms with E-state index in [4.69, 9.17) is 0 Å². The average molecular weight is 405 g/mol. The molecule has 28 heavy (non-hydrogen) atoms. The molecule has 0 spiro atoms. The van der Waals surface area contributed by atoms with Gasteiger partial charge in [0.1, 0.15) is 0 Å². The van der Waals surface area contributed by atoms with E-state index in [1.807, 2.05) is 31.2 Å². The van der Waals surface area contributed by atoms with Crippen LogP contribution in [0, 0.1) is 11.8 Å². The van der Waals surface area contributed by atoms with Crippen LogP contribution >= 0.6 is 0 Å². The Bertz CT molecular complexity index is 804. The third-order valence-electron chi connectivity index (χ3n) is 5.23. The standard InChI is InChI=1S/C22H32N2O3S/c1-5-11-18-17(6-2)22(20-13-8-7-12-19(18)20)24-21(25)14-9-10-15-23-28(26,27)16(3)4/h5-8,11-13,16,19-20,22-23H,2,9-10,14-15H2,1,3-4H3,(H,24,25)/b11-5-. The van der Waals surface area contributed by atoms with Gasteiger partial charge in [0, 0.05) is 24.8 Å². The lowest BCUT2D eigenvalue weighted by Crippen LogP contribution is -2.40. The molecule has 0 saturated carbocycles. The Labute approximate surface area is 169 Å². The SMILES string of the molecule is C=CC1=C(/C=C\C)C2C=CC=CC2C1NC(=O)CCCCNS(=O)(=O)C(C)C. The van der Waals surface area contributed by atoms with E-state index >= 15 is 0 Å². The van der Waals surface area contributed by atoms with Gasteiger partial charge in [0.15, 0.2) is 0 Å². The largest absolute Gasteiger partial charge is 0.349 e. The van der Waals surface area contributed by atoms with Crippen LogP contribution in [0.25, 0.3) is 0 Å². The van der Waals surface area contributed by atoms with Crippen LogP contribution in [-0.2, 0) is 14.8 Å². The highest BCUT2D eigenvalue weighted by Gasteiger charge is 2.39. The minimum Gasteiger partial charge on any atom is -0.349 e. The summed E-state index contributed by atoms with van der Waals surface area (Å²) in [6, 6.07) is -0.0816. The average Bonchev–Trinajstić information content (AvgIpc) is 2.94. The molecule has 0 fully saturated rings. The molecule has 2 rings (SSSR count). The summed E-state index contributed by atoms with van der Waals surface area (Å²) in [5, 5.41) is 2.72. The first-order valence-electron chi connectivity index (χ1n) is 9.93. The van der Waals surface area contributed by atoms with Crippen molar-refractivity contribution >= 4 is 15.9 Å². The van der Waals surface area contributed by atoms with E-state index in [1.54, 1.807) is 13.8 Å². The van der Waals surface area contributed by atoms with Crippen molar-refractivity contribution in [2.75, 3.05) is 6.54 Å². The Morgan fingerprint density at radius 1 is 1.21 bits per heavy atom. The zero-order valence-corrected chi connectivity index (χ0v) is 17.8. The molecule has 2 aliphatic carbocycles. The molecular formula is C22H32N2O3S. The number of nitrogens with one attached hydrogen (secondary N) is 2. The molecular weight excluding hydrogens is 372 g/mol. The summed E-state index contributed by atoms with van der Waals surface area (Å²) in [4.78, 5) is 12.5. The normalized spacial score (nSPS) is 24.2. The molecule has 0 aromatic carbocycles. The van der Waals surface area contributed by atoms with E-state index in [9.17, 15) is 13.2 Å². The Kier molecular flexibility index (Phi) is 8.01. The van der Waals surface area contributed by atoms with Gasteiger partial charge in [0.2, 0.25) is 15.9 Å². The number of carbonyl (C=O) groups excluding carboxylic acids is 1. The van der Waals surface area contributed by atoms with Crippen LogP contribution in [0.2, 0.25) is 0 Å². The molecule has 0 aliphatic heterocycles. The van der Waals surface area contributed by atoms with Crippen LogP contribution in [0.15, 0.2) is 60.3 Å². The van der Waals surface area contributed by atoms with Gasteiger partial charge in [0.05, 0.1) is 11.3 Å². The number of allylic oxidation sites excluding steroid dienone is 6. The first-order chi connectivity index (χ1) is 13.3. The Balaban J connectivity index is 1.91. The highest BCUT2D eigenvalue weighted by Crippen LogP contribution is 2.42. The molecule has 3 atom stereocenters. The fraction of sp³-hybridized carbons (Fsp3) is 0.500. The molecule has 3 unspecified atom stereocenters. The number of rotatable bonds is 10. The van der Waals surface area contributed by atoms with Crippen molar-refractivity contribution in [2.24, 2.45) is 11.8 Å². The molecule has 0 bridgehead atoms. The van der Waals surface area contributed by atoms with Crippen molar-refractivity contribution in [3.8, 4) is 0 Å². The van der Waals surface area contributed by atoms with Gasteiger partial charge >= 0.3 is 0 Å². The maximum atomic E-state index is 12.5. The van der Waals surface area contributed by atoms with Crippen molar-refractivity contribution in [3.63, 3.8) is 0 Å². The molecule has 0 aromatic rings. The highest BCUT2D eigenvalue weighted by molar-refractivity contribution is 7.90. The maximum Gasteiger partial charge on any atom is 0.220 e. The predicted octanol–water partition coefficient (Wildman–Crippen LogP) is 3.40. The lowest BCUT2D eigenvalue weighted by Gasteiger charge is -2.25. The monoisotopic (exact) mass is 404 g/mol. The van der Waals surface area contributed by atoms with Gasteiger partial charge in [-0.3, -0.25) is 4.79 Å². The molecule has 0 aromatic heterocycles. The fourth-order valence-electron chi connectivity index (χ4n) is 3.68. The molecule has 2 N–H and O–H groups in total. The molecule has 1 amide bonds. The molecule has 6 heteroatoms. The zero-order valence-electron chi connectivity index (χ0n) is 17.0. The number of fused-ring (bicyclic) bond motifs is 1. The van der Waals surface area contributed by atoms with Crippen molar-refractivity contribution in [1.29, 1.82) is 0 Å². The second-order valence-corrected chi connectivity index (χ2v) is 9.80. The molecule has 5 nitrogen and oxygen atoms in total. The van der Waals surface area contributed by atoms with E-state index in [0.29, 0.717) is 25.8 Å². The van der Waals surface area contributed by atoms with Gasteiger partial charge in [-0.15, -0.1) is 0 Å². The number of sulfonamides is 1. The number of carbonyl (C=O) groups is 1. The minimum atomic E-state index is -3.24. The highest BCUT2D eigenvalue weighted by atomic mass is 32.2. The number of amides is 1. The lowest BCUT2D eigenvalue weighted by atomic mass is 9.85. The van der Waals surface area contributed by atoms with Crippen molar-refractivity contribution in [3.05, 3.63) is 60.3 Å². The second-order valence-electron chi connectivity index (χ2n) is 7.48. The van der Waals surface area contributed by atoms with Gasteiger partial charge in [-0.25, -0.2) is 13.1 Å². The van der Waals surface area contributed by atoms with E-state index in [-0.39, 0.29) is 23.8 Å². The van der Waals surface area contributed by atoms with E-state index in [2.05, 4.69) is 34.8 Å². The van der Waals surface area contributed by atoms with Crippen LogP contribution in [0.4, 0.5) is 0 Å². The van der Waals surface area contributed by atoms with Crippen molar-refractivity contribution in [1.82, 2.24) is 10.0 Å². The van der Waals surface area contributed by atoms with Gasteiger partial charge < -0.3 is 5.32 Å². The van der Waals surface area contributed by atoms with E-state index in [1.165, 1.54) is 5.57 Å². The van der Waals surface area contributed by atoms with Crippen molar-refractivity contribution in [2.45, 2.75) is 51.3 Å². The van der Waals surface area contributed by atoms with E-state index in [0.717, 1.165) is 5.57 Å². The molecule has 0 heterocycles. The summed E-state index contributed by atoms with van der Waals surface area (Å²) >= 11 is 0. The number of unbranched alkanes of at least 4 members (excludes halogenated alkanes) is 1. The van der Waals surface area contributed by atoms with Gasteiger partial charge in [-0.05, 0) is 44.8 Å². The van der Waals surface area contributed by atoms with Crippen LogP contribution in [0.3, 0.4) is 0 Å². The van der Waals surface area contributed by atoms with Crippen LogP contribution in [-0.4, -0.2) is 32.2 Å². The summed E-state index contributed by atoms with van der Waals surface area (Å²) in [7, 11) is -3.24. The molecule has 154 valence electrons. The molecule has 0 saturated heterocycles. The first kappa shape index (κ1) is 22.4. The summed E-state index contributed by atoms with van der Waals surface area (Å²) in [6.45, 7) is 9.60. The summed E-state index contributed by atoms with van der Waals surface area (Å²) < 4.78 is 26.0. The second kappa shape index (κ2) is 10.0. The predicted molar refractivity (Wildman–Crippen MR) is 115 cm³/mol. The summed E-state index contributed by atoms with van der Waals surface area (Å²) in [5.74, 6) is 0.440. The third-order valence-corrected chi connectivity index (χ3v) is 7.07. The third kappa shape index (κ3) is 5.32. The zero-order chi connectivity index (χ0) is 20.7. The summed E-state index contributed by atoms with van der Waals surface area (Å²) in [6.07, 6.45) is 16.0. The van der Waals surface area contributed by atoms with Crippen molar-refractivity contribution < 1.29 is 13.2 Å². The molecule has 2 aliphatic rings. The maximum absolute atomic E-state index is 12.5. The Morgan fingerprint density at radius 2 is 1.93 bits per heavy atom. The fourth-order valence-corrected chi connectivity index (χ4v) is 4.44. The Hall–Kier alpha value is -1.92. The number of hydrogen-bond donors (Lipinski definition) is 2. The minimum absolute atomic E-state index is 0.0144. The Morgan fingerprint density at radius 3 is 2.57 bits per heavy atom. The molecule has 0 radical (unpaired) electrons. The quantitative estimate of drug-likeness (QED) is 0.548. The van der Waals surface area contributed by atoms with Gasteiger partial charge in [-0.1, -0.05) is 49.1 Å². The van der Waals surface area contributed by atoms with Gasteiger partial charge in [-0.2, -0.15) is 0 Å². The topological polar surface area (TPSA) is 75.3 Å². The van der Waals surface area contributed by atoms with E-state index < -0.39 is 15.3 Å². The van der Waals surface area contributed by atoms with Crippen LogP contribution < -0.4 is 10.0 Å². The first-order valence-corrected chi connectivity index (χ1v) is 11.5. The number of hydrogen-bond acceptors (Lipinski definition) is 3. The van der Waals surface area contributed by atoms with Crippen LogP contribution in [0.1, 0.15) is 40.0 Å². The smallest absolute Gasteiger partial charge is 0.220 e. The van der Waals surface area contributed by atoms with Gasteiger partial charge in [0.25, 0.3) is 0 Å². The lowest BCUT2D eigenvalue weighted by molar-refractivity contribution is -0.121.